The van der Waals surface area contributed by atoms with Crippen LogP contribution in [0.3, 0.4) is 0 Å². The molecule has 1 aromatic rings. The molecule has 0 saturated heterocycles. The van der Waals surface area contributed by atoms with Gasteiger partial charge in [0.05, 0.1) is 6.20 Å². The van der Waals surface area contributed by atoms with Crippen LogP contribution in [0.4, 0.5) is 0 Å². The average Bonchev–Trinajstić information content (AvgIpc) is 2.50. The van der Waals surface area contributed by atoms with E-state index in [4.69, 9.17) is 0 Å². The van der Waals surface area contributed by atoms with E-state index in [0.29, 0.717) is 5.92 Å². The van der Waals surface area contributed by atoms with Gasteiger partial charge in [-0.25, -0.2) is 0 Å². The van der Waals surface area contributed by atoms with Crippen molar-refractivity contribution in [3.05, 3.63) is 18.0 Å². The lowest BCUT2D eigenvalue weighted by Gasteiger charge is -2.01. The van der Waals surface area contributed by atoms with E-state index in [1.807, 2.05) is 10.9 Å². The SMILES string of the molecule is CCn1cc(C(C)CBr)cn1. The van der Waals surface area contributed by atoms with Crippen molar-refractivity contribution >= 4 is 15.9 Å². The first-order valence-corrected chi connectivity index (χ1v) is 4.98. The molecule has 0 aliphatic carbocycles. The monoisotopic (exact) mass is 216 g/mol. The zero-order valence-electron chi connectivity index (χ0n) is 6.92. The smallest absolute Gasteiger partial charge is 0.0524 e. The molecule has 1 rings (SSSR count). The number of halogens is 1. The predicted molar refractivity (Wildman–Crippen MR) is 50.1 cm³/mol. The Morgan fingerprint density at radius 2 is 2.45 bits per heavy atom. The highest BCUT2D eigenvalue weighted by Crippen LogP contribution is 2.15. The highest BCUT2D eigenvalue weighted by atomic mass is 79.9. The minimum atomic E-state index is 0.565. The number of hydrogen-bond donors (Lipinski definition) is 0. The van der Waals surface area contributed by atoms with Gasteiger partial charge in [0.2, 0.25) is 0 Å². The number of aromatic nitrogens is 2. The van der Waals surface area contributed by atoms with E-state index < -0.39 is 0 Å². The Morgan fingerprint density at radius 3 is 2.91 bits per heavy atom. The Bertz CT molecular complexity index is 220. The van der Waals surface area contributed by atoms with Crippen LogP contribution >= 0.6 is 15.9 Å². The second-order valence-corrected chi connectivity index (χ2v) is 3.33. The van der Waals surface area contributed by atoms with Gasteiger partial charge < -0.3 is 0 Å². The predicted octanol–water partition coefficient (Wildman–Crippen LogP) is 2.40. The molecule has 0 fully saturated rings. The lowest BCUT2D eigenvalue weighted by atomic mass is 10.1. The van der Waals surface area contributed by atoms with E-state index in [2.05, 4.69) is 41.1 Å². The first-order chi connectivity index (χ1) is 5.27. The van der Waals surface area contributed by atoms with E-state index >= 15 is 0 Å². The first-order valence-electron chi connectivity index (χ1n) is 3.86. The molecular weight excluding hydrogens is 204 g/mol. The Kier molecular flexibility index (Phi) is 3.12. The highest BCUT2D eigenvalue weighted by Gasteiger charge is 2.04. The minimum absolute atomic E-state index is 0.565. The van der Waals surface area contributed by atoms with Crippen molar-refractivity contribution in [3.8, 4) is 0 Å². The van der Waals surface area contributed by atoms with Crippen molar-refractivity contribution in [1.29, 1.82) is 0 Å². The largest absolute Gasteiger partial charge is 0.273 e. The zero-order valence-corrected chi connectivity index (χ0v) is 8.50. The van der Waals surface area contributed by atoms with Crippen molar-refractivity contribution in [3.63, 3.8) is 0 Å². The van der Waals surface area contributed by atoms with Gasteiger partial charge in [-0.15, -0.1) is 0 Å². The van der Waals surface area contributed by atoms with Gasteiger partial charge in [-0.05, 0) is 18.4 Å². The van der Waals surface area contributed by atoms with Crippen LogP contribution < -0.4 is 0 Å². The summed E-state index contributed by atoms with van der Waals surface area (Å²) < 4.78 is 1.95. The van der Waals surface area contributed by atoms with Crippen molar-refractivity contribution < 1.29 is 0 Å². The molecule has 0 aromatic carbocycles. The van der Waals surface area contributed by atoms with Gasteiger partial charge in [0.15, 0.2) is 0 Å². The molecule has 0 radical (unpaired) electrons. The fourth-order valence-electron chi connectivity index (χ4n) is 0.896. The average molecular weight is 217 g/mol. The second-order valence-electron chi connectivity index (χ2n) is 2.68. The summed E-state index contributed by atoms with van der Waals surface area (Å²) in [6.07, 6.45) is 4.04. The van der Waals surface area contributed by atoms with Crippen LogP contribution in [-0.2, 0) is 6.54 Å². The Labute approximate surface area is 75.7 Å². The van der Waals surface area contributed by atoms with Gasteiger partial charge >= 0.3 is 0 Å². The van der Waals surface area contributed by atoms with E-state index in [9.17, 15) is 0 Å². The number of rotatable bonds is 3. The van der Waals surface area contributed by atoms with E-state index in [-0.39, 0.29) is 0 Å². The van der Waals surface area contributed by atoms with Crippen LogP contribution in [0.1, 0.15) is 25.3 Å². The van der Waals surface area contributed by atoms with Crippen LogP contribution in [0.15, 0.2) is 12.4 Å². The molecule has 2 nitrogen and oxygen atoms in total. The van der Waals surface area contributed by atoms with Crippen LogP contribution in [0.5, 0.6) is 0 Å². The molecular formula is C8H13BrN2. The van der Waals surface area contributed by atoms with Gasteiger partial charge in [0.25, 0.3) is 0 Å². The minimum Gasteiger partial charge on any atom is -0.273 e. The van der Waals surface area contributed by atoms with E-state index in [0.717, 1.165) is 11.9 Å². The molecule has 11 heavy (non-hydrogen) atoms. The van der Waals surface area contributed by atoms with Crippen LogP contribution in [0, 0.1) is 0 Å². The molecule has 0 spiro atoms. The quantitative estimate of drug-likeness (QED) is 0.711. The maximum atomic E-state index is 4.20. The fraction of sp³-hybridized carbons (Fsp3) is 0.625. The highest BCUT2D eigenvalue weighted by molar-refractivity contribution is 9.09. The lowest BCUT2D eigenvalue weighted by molar-refractivity contribution is 0.658. The molecule has 0 N–H and O–H groups in total. The Balaban J connectivity index is 2.71. The van der Waals surface area contributed by atoms with E-state index in [1.54, 1.807) is 0 Å². The fourth-order valence-corrected chi connectivity index (χ4v) is 1.27. The van der Waals surface area contributed by atoms with Gasteiger partial charge in [-0.3, -0.25) is 4.68 Å². The normalized spacial score (nSPS) is 13.4. The van der Waals surface area contributed by atoms with E-state index in [1.165, 1.54) is 5.56 Å². The Hall–Kier alpha value is -0.310. The molecule has 0 aliphatic heterocycles. The summed E-state index contributed by atoms with van der Waals surface area (Å²) in [4.78, 5) is 0. The Morgan fingerprint density at radius 1 is 1.73 bits per heavy atom. The molecule has 1 unspecified atom stereocenters. The number of hydrogen-bond acceptors (Lipinski definition) is 1. The summed E-state index contributed by atoms with van der Waals surface area (Å²) in [5, 5.41) is 5.20. The van der Waals surface area contributed by atoms with Crippen molar-refractivity contribution in [2.45, 2.75) is 26.3 Å². The third kappa shape index (κ3) is 2.06. The van der Waals surface area contributed by atoms with Gasteiger partial charge in [0, 0.05) is 18.1 Å². The first kappa shape index (κ1) is 8.78. The van der Waals surface area contributed by atoms with Crippen LogP contribution in [0.25, 0.3) is 0 Å². The number of nitrogens with zero attached hydrogens (tertiary/aromatic N) is 2. The second kappa shape index (κ2) is 3.90. The molecule has 1 aromatic heterocycles. The van der Waals surface area contributed by atoms with Gasteiger partial charge in [-0.2, -0.15) is 5.10 Å². The summed E-state index contributed by atoms with van der Waals surface area (Å²) in [6, 6.07) is 0. The summed E-state index contributed by atoms with van der Waals surface area (Å²) >= 11 is 3.45. The maximum absolute atomic E-state index is 4.20. The molecule has 0 aliphatic rings. The molecule has 0 bridgehead atoms. The molecule has 62 valence electrons. The summed E-state index contributed by atoms with van der Waals surface area (Å²) in [6.45, 7) is 5.23. The third-order valence-electron chi connectivity index (χ3n) is 1.78. The summed E-state index contributed by atoms with van der Waals surface area (Å²) in [5.41, 5.74) is 1.31. The standard InChI is InChI=1S/C8H13BrN2/c1-3-11-6-8(5-10-11)7(2)4-9/h5-7H,3-4H2,1-2H3. The molecule has 3 heteroatoms. The van der Waals surface area contributed by atoms with Gasteiger partial charge in [-0.1, -0.05) is 22.9 Å². The summed E-state index contributed by atoms with van der Waals surface area (Å²) in [7, 11) is 0. The van der Waals surface area contributed by atoms with Crippen LogP contribution in [-0.4, -0.2) is 15.1 Å². The maximum Gasteiger partial charge on any atom is 0.0524 e. The molecule has 1 heterocycles. The molecule has 1 atom stereocenters. The third-order valence-corrected chi connectivity index (χ3v) is 2.75. The van der Waals surface area contributed by atoms with Gasteiger partial charge in [0.1, 0.15) is 0 Å². The van der Waals surface area contributed by atoms with Crippen molar-refractivity contribution in [2.75, 3.05) is 5.33 Å². The molecule has 0 amide bonds. The zero-order chi connectivity index (χ0) is 8.27. The molecule has 0 saturated carbocycles. The lowest BCUT2D eigenvalue weighted by Crippen LogP contribution is -1.94. The summed E-state index contributed by atoms with van der Waals surface area (Å²) in [5.74, 6) is 0.565. The number of aryl methyl sites for hydroxylation is 1. The van der Waals surface area contributed by atoms with Crippen molar-refractivity contribution in [1.82, 2.24) is 9.78 Å². The van der Waals surface area contributed by atoms with Crippen LogP contribution in [0.2, 0.25) is 0 Å². The topological polar surface area (TPSA) is 17.8 Å². The van der Waals surface area contributed by atoms with Crippen molar-refractivity contribution in [2.24, 2.45) is 0 Å². The number of alkyl halides is 1.